The van der Waals surface area contributed by atoms with E-state index in [0.717, 1.165) is 22.0 Å². The van der Waals surface area contributed by atoms with Crippen LogP contribution < -0.4 is 0 Å². The smallest absolute Gasteiger partial charge is 0.353 e. The molecule has 5 nitrogen and oxygen atoms in total. The number of carbonyl (C=O) groups is 1. The van der Waals surface area contributed by atoms with Crippen LogP contribution in [-0.4, -0.2) is 26.3 Å². The fraction of sp³-hybridized carbons (Fsp3) is 0.0769. The predicted octanol–water partition coefficient (Wildman–Crippen LogP) is 3.22. The molecule has 0 aliphatic heterocycles. The van der Waals surface area contributed by atoms with Crippen molar-refractivity contribution in [3.05, 3.63) is 40.7 Å². The van der Waals surface area contributed by atoms with Crippen molar-refractivity contribution in [1.29, 1.82) is 0 Å². The number of carboxylic acids is 1. The second-order valence-electron chi connectivity index (χ2n) is 4.32. The Morgan fingerprint density at radius 2 is 2.16 bits per heavy atom. The van der Waals surface area contributed by atoms with Crippen LogP contribution in [0.15, 0.2) is 24.4 Å². The Morgan fingerprint density at radius 3 is 2.84 bits per heavy atom. The molecule has 19 heavy (non-hydrogen) atoms. The predicted molar refractivity (Wildman–Crippen MR) is 72.6 cm³/mol. The van der Waals surface area contributed by atoms with E-state index in [9.17, 15) is 4.79 Å². The van der Waals surface area contributed by atoms with Gasteiger partial charge in [0.1, 0.15) is 5.69 Å². The molecule has 0 fully saturated rings. The Balaban J connectivity index is 2.18. The Kier molecular flexibility index (Phi) is 2.57. The first-order valence-electron chi connectivity index (χ1n) is 5.62. The van der Waals surface area contributed by atoms with Crippen LogP contribution in [0.4, 0.5) is 0 Å². The summed E-state index contributed by atoms with van der Waals surface area (Å²) in [6, 6.07) is 5.19. The van der Waals surface area contributed by atoms with E-state index in [-0.39, 0.29) is 5.69 Å². The summed E-state index contributed by atoms with van der Waals surface area (Å²) >= 11 is 6.21. The third-order valence-electron chi connectivity index (χ3n) is 3.05. The number of nitrogens with zero attached hydrogens (tertiary/aromatic N) is 1. The summed E-state index contributed by atoms with van der Waals surface area (Å²) in [6.45, 7) is 1.98. The number of benzene rings is 1. The fourth-order valence-electron chi connectivity index (χ4n) is 2.05. The molecule has 0 aliphatic rings. The lowest BCUT2D eigenvalue weighted by Crippen LogP contribution is -1.95. The topological polar surface area (TPSA) is 81.8 Å². The first-order valence-corrected chi connectivity index (χ1v) is 6.00. The zero-order chi connectivity index (χ0) is 13.6. The molecule has 0 amide bonds. The highest BCUT2D eigenvalue weighted by atomic mass is 35.5. The standard InChI is InChI=1S/C13H10ClN3O2/c1-6-5-15-12-8(6)2-7(3-9(12)14)10-4-11(13(18)19)17-16-10/h2-5,15H,1H3,(H,16,17)(H,18,19). The first-order chi connectivity index (χ1) is 9.06. The van der Waals surface area contributed by atoms with Gasteiger partial charge in [0.25, 0.3) is 0 Å². The van der Waals surface area contributed by atoms with Gasteiger partial charge in [-0.25, -0.2) is 4.79 Å². The van der Waals surface area contributed by atoms with Crippen LogP contribution in [0.2, 0.25) is 5.02 Å². The second-order valence-corrected chi connectivity index (χ2v) is 4.73. The number of aromatic carboxylic acids is 1. The second kappa shape index (κ2) is 4.13. The summed E-state index contributed by atoms with van der Waals surface area (Å²) in [5.41, 5.74) is 3.34. The van der Waals surface area contributed by atoms with Crippen molar-refractivity contribution >= 4 is 28.5 Å². The van der Waals surface area contributed by atoms with Crippen LogP contribution >= 0.6 is 11.6 Å². The number of halogens is 1. The molecule has 0 bridgehead atoms. The lowest BCUT2D eigenvalue weighted by Gasteiger charge is -2.00. The molecule has 0 unspecified atom stereocenters. The largest absolute Gasteiger partial charge is 0.477 e. The summed E-state index contributed by atoms with van der Waals surface area (Å²) < 4.78 is 0. The number of hydrogen-bond acceptors (Lipinski definition) is 2. The Morgan fingerprint density at radius 1 is 1.37 bits per heavy atom. The molecule has 3 aromatic rings. The summed E-state index contributed by atoms with van der Waals surface area (Å²) in [6.07, 6.45) is 1.88. The van der Waals surface area contributed by atoms with Crippen molar-refractivity contribution in [3.63, 3.8) is 0 Å². The molecule has 0 saturated heterocycles. The van der Waals surface area contributed by atoms with Gasteiger partial charge in [0.2, 0.25) is 0 Å². The van der Waals surface area contributed by atoms with Crippen molar-refractivity contribution < 1.29 is 9.90 Å². The third-order valence-corrected chi connectivity index (χ3v) is 3.35. The van der Waals surface area contributed by atoms with Crippen molar-refractivity contribution in [2.45, 2.75) is 6.92 Å². The van der Waals surface area contributed by atoms with Crippen molar-refractivity contribution in [2.75, 3.05) is 0 Å². The quantitative estimate of drug-likeness (QED) is 0.671. The molecule has 3 N–H and O–H groups in total. The molecule has 0 saturated carbocycles. The zero-order valence-electron chi connectivity index (χ0n) is 9.99. The van der Waals surface area contributed by atoms with Gasteiger partial charge in [-0.05, 0) is 30.7 Å². The Labute approximate surface area is 113 Å². The minimum absolute atomic E-state index is 0.0528. The van der Waals surface area contributed by atoms with Gasteiger partial charge in [-0.2, -0.15) is 5.10 Å². The average molecular weight is 276 g/mol. The van der Waals surface area contributed by atoms with E-state index in [2.05, 4.69) is 15.2 Å². The van der Waals surface area contributed by atoms with Gasteiger partial charge in [-0.15, -0.1) is 0 Å². The number of H-pyrrole nitrogens is 2. The summed E-state index contributed by atoms with van der Waals surface area (Å²) in [5.74, 6) is -1.04. The maximum Gasteiger partial charge on any atom is 0.353 e. The average Bonchev–Trinajstić information content (AvgIpc) is 2.97. The zero-order valence-corrected chi connectivity index (χ0v) is 10.7. The van der Waals surface area contributed by atoms with E-state index in [4.69, 9.17) is 16.7 Å². The minimum atomic E-state index is -1.04. The molecular weight excluding hydrogens is 266 g/mol. The maximum absolute atomic E-state index is 10.8. The van der Waals surface area contributed by atoms with E-state index >= 15 is 0 Å². The van der Waals surface area contributed by atoms with Gasteiger partial charge in [-0.3, -0.25) is 5.10 Å². The van der Waals surface area contributed by atoms with Crippen LogP contribution in [0, 0.1) is 6.92 Å². The van der Waals surface area contributed by atoms with Gasteiger partial charge in [0.05, 0.1) is 16.2 Å². The van der Waals surface area contributed by atoms with Gasteiger partial charge in [0, 0.05) is 17.1 Å². The normalized spacial score (nSPS) is 11.1. The van der Waals surface area contributed by atoms with Crippen LogP contribution in [0.25, 0.3) is 22.2 Å². The molecule has 0 spiro atoms. The van der Waals surface area contributed by atoms with Crippen molar-refractivity contribution in [3.8, 4) is 11.3 Å². The van der Waals surface area contributed by atoms with Crippen LogP contribution in [0.5, 0.6) is 0 Å². The highest BCUT2D eigenvalue weighted by Crippen LogP contribution is 2.31. The van der Waals surface area contributed by atoms with Crippen LogP contribution in [0.1, 0.15) is 16.1 Å². The molecule has 6 heteroatoms. The van der Waals surface area contributed by atoms with Gasteiger partial charge < -0.3 is 10.1 Å². The number of aromatic amines is 2. The molecule has 0 radical (unpaired) electrons. The van der Waals surface area contributed by atoms with Crippen LogP contribution in [0.3, 0.4) is 0 Å². The molecular formula is C13H10ClN3O2. The van der Waals surface area contributed by atoms with Gasteiger partial charge >= 0.3 is 5.97 Å². The summed E-state index contributed by atoms with van der Waals surface area (Å²) in [5, 5.41) is 16.9. The lowest BCUT2D eigenvalue weighted by atomic mass is 10.1. The highest BCUT2D eigenvalue weighted by Gasteiger charge is 2.12. The first kappa shape index (κ1) is 11.8. The SMILES string of the molecule is Cc1c[nH]c2c(Cl)cc(-c3cc(C(=O)O)[nH]n3)cc12. The number of aromatic nitrogens is 3. The van der Waals surface area contributed by atoms with E-state index in [1.165, 1.54) is 6.07 Å². The molecule has 2 aromatic heterocycles. The molecule has 0 aliphatic carbocycles. The third kappa shape index (κ3) is 1.88. The van der Waals surface area contributed by atoms with E-state index in [0.29, 0.717) is 10.7 Å². The van der Waals surface area contributed by atoms with Crippen LogP contribution in [-0.2, 0) is 0 Å². The highest BCUT2D eigenvalue weighted by molar-refractivity contribution is 6.35. The number of aryl methyl sites for hydroxylation is 1. The van der Waals surface area contributed by atoms with Gasteiger partial charge in [0.15, 0.2) is 0 Å². The number of nitrogens with one attached hydrogen (secondary N) is 2. The molecule has 3 rings (SSSR count). The summed E-state index contributed by atoms with van der Waals surface area (Å²) in [4.78, 5) is 13.9. The molecule has 0 atom stereocenters. The molecule has 2 heterocycles. The number of hydrogen-bond donors (Lipinski definition) is 3. The van der Waals surface area contributed by atoms with Gasteiger partial charge in [-0.1, -0.05) is 11.6 Å². The number of rotatable bonds is 2. The maximum atomic E-state index is 10.8. The van der Waals surface area contributed by atoms with E-state index in [1.807, 2.05) is 19.2 Å². The van der Waals surface area contributed by atoms with E-state index in [1.54, 1.807) is 6.07 Å². The van der Waals surface area contributed by atoms with Crippen molar-refractivity contribution in [1.82, 2.24) is 15.2 Å². The summed E-state index contributed by atoms with van der Waals surface area (Å²) in [7, 11) is 0. The minimum Gasteiger partial charge on any atom is -0.477 e. The number of fused-ring (bicyclic) bond motifs is 1. The Bertz CT molecular complexity index is 788. The molecule has 96 valence electrons. The molecule has 1 aromatic carbocycles. The Hall–Kier alpha value is -2.27. The van der Waals surface area contributed by atoms with Crippen molar-refractivity contribution in [2.24, 2.45) is 0 Å². The van der Waals surface area contributed by atoms with E-state index < -0.39 is 5.97 Å². The lowest BCUT2D eigenvalue weighted by molar-refractivity contribution is 0.0690. The number of carboxylic acid groups (broad SMARTS) is 1. The monoisotopic (exact) mass is 275 g/mol. The fourth-order valence-corrected chi connectivity index (χ4v) is 2.32.